The summed E-state index contributed by atoms with van der Waals surface area (Å²) in [7, 11) is 1.80. The number of rotatable bonds is 5. The Balaban J connectivity index is 1.83. The summed E-state index contributed by atoms with van der Waals surface area (Å²) in [5.41, 5.74) is 9.21. The van der Waals surface area contributed by atoms with Gasteiger partial charge in [0.2, 0.25) is 5.95 Å². The lowest BCUT2D eigenvalue weighted by atomic mass is 10.0. The standard InChI is InChI=1S/C24H29N5O2/c1-15-13-18(16(2)26-20-10-6-5-9-17(20)22(25)30)21-19(14-15)23(31)28(3)24(27-21)29-11-7-4-8-12-29/h5-6,9-10,13-14,16,26H,4,7-8,11-12H2,1-3H3,(H2,25,30). The van der Waals surface area contributed by atoms with E-state index in [0.717, 1.165) is 37.1 Å². The van der Waals surface area contributed by atoms with Gasteiger partial charge in [-0.15, -0.1) is 0 Å². The minimum Gasteiger partial charge on any atom is -0.378 e. The van der Waals surface area contributed by atoms with Crippen LogP contribution in [0.5, 0.6) is 0 Å². The number of primary amides is 1. The Labute approximate surface area is 181 Å². The molecule has 3 aromatic rings. The molecule has 1 unspecified atom stereocenters. The van der Waals surface area contributed by atoms with Gasteiger partial charge in [-0.2, -0.15) is 0 Å². The smallest absolute Gasteiger partial charge is 0.262 e. The third kappa shape index (κ3) is 4.00. The van der Waals surface area contributed by atoms with E-state index in [2.05, 4.69) is 16.3 Å². The van der Waals surface area contributed by atoms with Crippen molar-refractivity contribution in [3.63, 3.8) is 0 Å². The molecule has 1 fully saturated rings. The number of nitrogens with one attached hydrogen (secondary N) is 1. The van der Waals surface area contributed by atoms with Crippen molar-refractivity contribution in [1.82, 2.24) is 9.55 Å². The number of nitrogens with two attached hydrogens (primary N) is 1. The van der Waals surface area contributed by atoms with E-state index < -0.39 is 5.91 Å². The van der Waals surface area contributed by atoms with Crippen molar-refractivity contribution in [2.45, 2.75) is 39.2 Å². The molecule has 2 aromatic carbocycles. The highest BCUT2D eigenvalue weighted by molar-refractivity contribution is 5.98. The van der Waals surface area contributed by atoms with Gasteiger partial charge < -0.3 is 16.0 Å². The molecule has 0 aliphatic carbocycles. The number of amides is 1. The average Bonchev–Trinajstić information content (AvgIpc) is 2.77. The number of benzene rings is 2. The molecular formula is C24H29N5O2. The van der Waals surface area contributed by atoms with E-state index in [1.165, 1.54) is 6.42 Å². The van der Waals surface area contributed by atoms with E-state index in [4.69, 9.17) is 10.7 Å². The Morgan fingerprint density at radius 2 is 1.87 bits per heavy atom. The van der Waals surface area contributed by atoms with Crippen molar-refractivity contribution < 1.29 is 4.79 Å². The summed E-state index contributed by atoms with van der Waals surface area (Å²) < 4.78 is 1.66. The number of fused-ring (bicyclic) bond motifs is 1. The molecule has 1 aliphatic heterocycles. The Hall–Kier alpha value is -3.35. The minimum absolute atomic E-state index is 0.0414. The number of hydrogen-bond acceptors (Lipinski definition) is 5. The van der Waals surface area contributed by atoms with Gasteiger partial charge in [-0.3, -0.25) is 14.2 Å². The van der Waals surface area contributed by atoms with E-state index in [9.17, 15) is 9.59 Å². The summed E-state index contributed by atoms with van der Waals surface area (Å²) in [4.78, 5) is 32.2. The van der Waals surface area contributed by atoms with Crippen LogP contribution in [-0.2, 0) is 7.05 Å². The maximum absolute atomic E-state index is 13.2. The highest BCUT2D eigenvalue weighted by Crippen LogP contribution is 2.29. The normalized spacial score (nSPS) is 15.1. The van der Waals surface area contributed by atoms with E-state index in [-0.39, 0.29) is 11.6 Å². The first-order chi connectivity index (χ1) is 14.9. The molecule has 0 radical (unpaired) electrons. The largest absolute Gasteiger partial charge is 0.378 e. The van der Waals surface area contributed by atoms with Gasteiger partial charge in [-0.25, -0.2) is 4.98 Å². The van der Waals surface area contributed by atoms with E-state index >= 15 is 0 Å². The molecular weight excluding hydrogens is 390 g/mol. The van der Waals surface area contributed by atoms with Crippen molar-refractivity contribution in [3.8, 4) is 0 Å². The SMILES string of the molecule is Cc1cc(C(C)Nc2ccccc2C(N)=O)c2nc(N3CCCCC3)n(C)c(=O)c2c1. The number of aryl methyl sites for hydroxylation is 1. The molecule has 3 N–H and O–H groups in total. The minimum atomic E-state index is -0.483. The summed E-state index contributed by atoms with van der Waals surface area (Å²) >= 11 is 0. The molecule has 1 atom stereocenters. The Bertz CT molecular complexity index is 1190. The number of hydrogen-bond donors (Lipinski definition) is 2. The predicted molar refractivity (Wildman–Crippen MR) is 125 cm³/mol. The molecule has 1 aliphatic rings. The summed E-state index contributed by atoms with van der Waals surface area (Å²) in [5.74, 6) is 0.232. The number of carbonyl (C=O) groups is 1. The second-order valence-corrected chi connectivity index (χ2v) is 8.35. The first-order valence-corrected chi connectivity index (χ1v) is 10.8. The lowest BCUT2D eigenvalue weighted by Crippen LogP contribution is -2.35. The molecule has 31 heavy (non-hydrogen) atoms. The van der Waals surface area contributed by atoms with Gasteiger partial charge in [-0.05, 0) is 56.9 Å². The predicted octanol–water partition coefficient (Wildman–Crippen LogP) is 3.50. The van der Waals surface area contributed by atoms with Crippen molar-refractivity contribution in [1.29, 1.82) is 0 Å². The van der Waals surface area contributed by atoms with Crippen molar-refractivity contribution in [2.75, 3.05) is 23.3 Å². The molecule has 2 heterocycles. The topological polar surface area (TPSA) is 93.2 Å². The summed E-state index contributed by atoms with van der Waals surface area (Å²) in [6.45, 7) is 5.80. The zero-order valence-electron chi connectivity index (χ0n) is 18.3. The highest BCUT2D eigenvalue weighted by Gasteiger charge is 2.21. The molecule has 0 spiro atoms. The second-order valence-electron chi connectivity index (χ2n) is 8.35. The number of piperidine rings is 1. The van der Waals surface area contributed by atoms with Gasteiger partial charge in [0.15, 0.2) is 0 Å². The second kappa shape index (κ2) is 8.41. The molecule has 4 rings (SSSR count). The maximum atomic E-state index is 13.2. The number of anilines is 2. The van der Waals surface area contributed by atoms with Gasteiger partial charge >= 0.3 is 0 Å². The monoisotopic (exact) mass is 419 g/mol. The fourth-order valence-corrected chi connectivity index (χ4v) is 4.38. The quantitative estimate of drug-likeness (QED) is 0.660. The molecule has 1 aromatic heterocycles. The van der Waals surface area contributed by atoms with Crippen LogP contribution in [0, 0.1) is 6.92 Å². The summed E-state index contributed by atoms with van der Waals surface area (Å²) in [6.07, 6.45) is 3.43. The van der Waals surface area contributed by atoms with Gasteiger partial charge in [0.05, 0.1) is 22.5 Å². The van der Waals surface area contributed by atoms with Crippen LogP contribution in [0.2, 0.25) is 0 Å². The third-order valence-corrected chi connectivity index (χ3v) is 6.00. The number of para-hydroxylation sites is 1. The summed E-state index contributed by atoms with van der Waals surface area (Å²) in [5, 5.41) is 4.00. The van der Waals surface area contributed by atoms with Crippen molar-refractivity contribution >= 4 is 28.4 Å². The first kappa shape index (κ1) is 20.9. The number of carbonyl (C=O) groups excluding carboxylic acids is 1. The van der Waals surface area contributed by atoms with Crippen molar-refractivity contribution in [2.24, 2.45) is 12.8 Å². The first-order valence-electron chi connectivity index (χ1n) is 10.8. The Kier molecular flexibility index (Phi) is 5.67. The van der Waals surface area contributed by atoms with Crippen LogP contribution in [0.1, 0.15) is 53.7 Å². The van der Waals surface area contributed by atoms with Crippen LogP contribution in [0.3, 0.4) is 0 Å². The highest BCUT2D eigenvalue weighted by atomic mass is 16.1. The average molecular weight is 420 g/mol. The zero-order valence-corrected chi connectivity index (χ0v) is 18.3. The molecule has 0 bridgehead atoms. The van der Waals surface area contributed by atoms with E-state index in [1.54, 1.807) is 23.7 Å². The molecule has 7 nitrogen and oxygen atoms in total. The van der Waals surface area contributed by atoms with Crippen LogP contribution in [0.25, 0.3) is 10.9 Å². The van der Waals surface area contributed by atoms with Crippen molar-refractivity contribution in [3.05, 3.63) is 63.4 Å². The van der Waals surface area contributed by atoms with Gasteiger partial charge in [0.1, 0.15) is 0 Å². The molecule has 7 heteroatoms. The molecule has 162 valence electrons. The fraction of sp³-hybridized carbons (Fsp3) is 0.375. The number of nitrogens with zero attached hydrogens (tertiary/aromatic N) is 3. The fourth-order valence-electron chi connectivity index (χ4n) is 4.38. The zero-order chi connectivity index (χ0) is 22.1. The lowest BCUT2D eigenvalue weighted by Gasteiger charge is -2.29. The van der Waals surface area contributed by atoms with Gasteiger partial charge in [0.25, 0.3) is 11.5 Å². The van der Waals surface area contributed by atoms with Crippen LogP contribution in [0.15, 0.2) is 41.2 Å². The lowest BCUT2D eigenvalue weighted by molar-refractivity contribution is 0.100. The maximum Gasteiger partial charge on any atom is 0.262 e. The molecule has 1 saturated heterocycles. The number of aromatic nitrogens is 2. The Morgan fingerprint density at radius 1 is 1.16 bits per heavy atom. The van der Waals surface area contributed by atoms with Crippen LogP contribution >= 0.6 is 0 Å². The third-order valence-electron chi connectivity index (χ3n) is 6.00. The molecule has 1 amide bonds. The van der Waals surface area contributed by atoms with E-state index in [1.807, 2.05) is 32.0 Å². The van der Waals surface area contributed by atoms with Gasteiger partial charge in [-0.1, -0.05) is 18.2 Å². The Morgan fingerprint density at radius 3 is 2.58 bits per heavy atom. The van der Waals surface area contributed by atoms with Crippen LogP contribution in [-0.4, -0.2) is 28.5 Å². The molecule has 0 saturated carbocycles. The summed E-state index contributed by atoms with van der Waals surface area (Å²) in [6, 6.07) is 11.0. The van der Waals surface area contributed by atoms with E-state index in [0.29, 0.717) is 28.1 Å². The van der Waals surface area contributed by atoms with Gasteiger partial charge in [0, 0.05) is 31.4 Å². The van der Waals surface area contributed by atoms with Crippen LogP contribution < -0.4 is 21.5 Å². The van der Waals surface area contributed by atoms with Crippen LogP contribution in [0.4, 0.5) is 11.6 Å².